The van der Waals surface area contributed by atoms with Crippen molar-refractivity contribution in [2.75, 3.05) is 0 Å². The van der Waals surface area contributed by atoms with Crippen molar-refractivity contribution in [3.8, 4) is 5.69 Å². The Morgan fingerprint density at radius 3 is 2.42 bits per heavy atom. The minimum atomic E-state index is -0.973. The number of aromatic nitrogens is 2. The van der Waals surface area contributed by atoms with Crippen LogP contribution in [0.3, 0.4) is 0 Å². The zero-order valence-corrected chi connectivity index (χ0v) is 10.1. The van der Waals surface area contributed by atoms with Gasteiger partial charge in [0, 0.05) is 0 Å². The van der Waals surface area contributed by atoms with E-state index in [0.29, 0.717) is 5.69 Å². The zero-order chi connectivity index (χ0) is 14.0. The van der Waals surface area contributed by atoms with Crippen LogP contribution in [0, 0.1) is 10.1 Å². The fourth-order valence-corrected chi connectivity index (χ4v) is 1.94. The standard InChI is InChI=1S/C12H11N3O4/c1-2-9-10(15(18)19)11(16)13-12(17)14(9)8-6-4-3-5-7-8/h3-7H,2H2,1H3,(H,13,16,17). The summed E-state index contributed by atoms with van der Waals surface area (Å²) in [7, 11) is 0. The van der Waals surface area contributed by atoms with Crippen LogP contribution in [0.5, 0.6) is 0 Å². The Labute approximate surface area is 107 Å². The Morgan fingerprint density at radius 1 is 1.26 bits per heavy atom. The summed E-state index contributed by atoms with van der Waals surface area (Å²) in [6, 6.07) is 8.46. The summed E-state index contributed by atoms with van der Waals surface area (Å²) in [4.78, 5) is 35.6. The van der Waals surface area contributed by atoms with Gasteiger partial charge in [0.15, 0.2) is 0 Å². The van der Waals surface area contributed by atoms with Crippen LogP contribution in [-0.4, -0.2) is 14.5 Å². The van der Waals surface area contributed by atoms with Gasteiger partial charge in [0.1, 0.15) is 5.69 Å². The summed E-state index contributed by atoms with van der Waals surface area (Å²) in [5.41, 5.74) is -1.68. The third-order valence-corrected chi connectivity index (χ3v) is 2.71. The van der Waals surface area contributed by atoms with E-state index in [1.165, 1.54) is 0 Å². The fraction of sp³-hybridized carbons (Fsp3) is 0.167. The molecule has 1 aromatic heterocycles. The SMILES string of the molecule is CCc1c([N+](=O)[O-])c(=O)[nH]c(=O)n1-c1ccccc1. The first-order valence-corrected chi connectivity index (χ1v) is 5.64. The van der Waals surface area contributed by atoms with Crippen molar-refractivity contribution in [3.05, 3.63) is 67.0 Å². The molecular weight excluding hydrogens is 250 g/mol. The molecule has 0 spiro atoms. The molecule has 19 heavy (non-hydrogen) atoms. The Morgan fingerprint density at radius 2 is 1.89 bits per heavy atom. The quantitative estimate of drug-likeness (QED) is 0.658. The first kappa shape index (κ1) is 12.7. The molecule has 1 N–H and O–H groups in total. The maximum atomic E-state index is 11.9. The average molecular weight is 261 g/mol. The van der Waals surface area contributed by atoms with Gasteiger partial charge in [0.2, 0.25) is 0 Å². The number of nitrogens with zero attached hydrogens (tertiary/aromatic N) is 2. The van der Waals surface area contributed by atoms with Crippen molar-refractivity contribution < 1.29 is 4.92 Å². The molecule has 7 heteroatoms. The van der Waals surface area contributed by atoms with Crippen LogP contribution in [0.2, 0.25) is 0 Å². The number of hydrogen-bond donors (Lipinski definition) is 1. The van der Waals surface area contributed by atoms with Crippen LogP contribution in [0.15, 0.2) is 39.9 Å². The van der Waals surface area contributed by atoms with Crippen LogP contribution in [0.1, 0.15) is 12.6 Å². The van der Waals surface area contributed by atoms with Crippen LogP contribution in [-0.2, 0) is 6.42 Å². The van der Waals surface area contributed by atoms with Gasteiger partial charge in [-0.15, -0.1) is 0 Å². The van der Waals surface area contributed by atoms with E-state index in [-0.39, 0.29) is 12.1 Å². The molecule has 0 unspecified atom stereocenters. The van der Waals surface area contributed by atoms with Crippen molar-refractivity contribution in [3.63, 3.8) is 0 Å². The number of nitro groups is 1. The summed E-state index contributed by atoms with van der Waals surface area (Å²) in [5.74, 6) is 0. The molecule has 1 heterocycles. The summed E-state index contributed by atoms with van der Waals surface area (Å²) in [6.45, 7) is 1.65. The van der Waals surface area contributed by atoms with Gasteiger partial charge in [-0.3, -0.25) is 24.5 Å². The highest BCUT2D eigenvalue weighted by Crippen LogP contribution is 2.15. The lowest BCUT2D eigenvalue weighted by molar-refractivity contribution is -0.387. The van der Waals surface area contributed by atoms with Gasteiger partial charge in [-0.1, -0.05) is 25.1 Å². The molecule has 0 radical (unpaired) electrons. The molecule has 0 fully saturated rings. The van der Waals surface area contributed by atoms with Crippen LogP contribution < -0.4 is 11.2 Å². The van der Waals surface area contributed by atoms with Crippen molar-refractivity contribution in [2.45, 2.75) is 13.3 Å². The van der Waals surface area contributed by atoms with Crippen molar-refractivity contribution in [1.82, 2.24) is 9.55 Å². The van der Waals surface area contributed by atoms with Crippen molar-refractivity contribution >= 4 is 5.69 Å². The van der Waals surface area contributed by atoms with Gasteiger partial charge >= 0.3 is 16.9 Å². The first-order valence-electron chi connectivity index (χ1n) is 5.64. The Balaban J connectivity index is 2.89. The molecule has 2 rings (SSSR count). The van der Waals surface area contributed by atoms with Gasteiger partial charge in [-0.05, 0) is 18.6 Å². The normalized spacial score (nSPS) is 10.4. The first-order chi connectivity index (χ1) is 9.06. The van der Waals surface area contributed by atoms with Crippen molar-refractivity contribution in [1.29, 1.82) is 0 Å². The van der Waals surface area contributed by atoms with Crippen LogP contribution in [0.4, 0.5) is 5.69 Å². The van der Waals surface area contributed by atoms with E-state index in [0.717, 1.165) is 4.57 Å². The molecule has 0 aliphatic heterocycles. The molecule has 1 aromatic carbocycles. The maximum absolute atomic E-state index is 11.9. The second kappa shape index (κ2) is 4.89. The van der Waals surface area contributed by atoms with Gasteiger partial charge in [0.25, 0.3) is 0 Å². The number of H-pyrrole nitrogens is 1. The third kappa shape index (κ3) is 2.17. The molecule has 98 valence electrons. The van der Waals surface area contributed by atoms with E-state index in [4.69, 9.17) is 0 Å². The third-order valence-electron chi connectivity index (χ3n) is 2.71. The number of nitrogens with one attached hydrogen (secondary N) is 1. The molecule has 0 saturated carbocycles. The van der Waals surface area contributed by atoms with E-state index in [1.54, 1.807) is 37.3 Å². The second-order valence-electron chi connectivity index (χ2n) is 3.84. The smallest absolute Gasteiger partial charge is 0.268 e. The number of rotatable bonds is 3. The van der Waals surface area contributed by atoms with Crippen LogP contribution >= 0.6 is 0 Å². The zero-order valence-electron chi connectivity index (χ0n) is 10.1. The lowest BCUT2D eigenvalue weighted by atomic mass is 10.2. The van der Waals surface area contributed by atoms with E-state index < -0.39 is 21.9 Å². The Hall–Kier alpha value is -2.70. The highest BCUT2D eigenvalue weighted by Gasteiger charge is 2.23. The topological polar surface area (TPSA) is 98.0 Å². The minimum absolute atomic E-state index is 0.0879. The molecule has 7 nitrogen and oxygen atoms in total. The molecule has 0 atom stereocenters. The summed E-state index contributed by atoms with van der Waals surface area (Å²) < 4.78 is 1.15. The summed E-state index contributed by atoms with van der Waals surface area (Å²) >= 11 is 0. The van der Waals surface area contributed by atoms with E-state index >= 15 is 0 Å². The monoisotopic (exact) mass is 261 g/mol. The summed E-state index contributed by atoms with van der Waals surface area (Å²) in [5, 5.41) is 11.0. The van der Waals surface area contributed by atoms with Gasteiger partial charge < -0.3 is 0 Å². The molecule has 0 amide bonds. The van der Waals surface area contributed by atoms with E-state index in [2.05, 4.69) is 0 Å². The maximum Gasteiger partial charge on any atom is 0.353 e. The van der Waals surface area contributed by atoms with Gasteiger partial charge in [0.05, 0.1) is 10.6 Å². The fourth-order valence-electron chi connectivity index (χ4n) is 1.94. The predicted octanol–water partition coefficient (Wildman–Crippen LogP) is 0.996. The van der Waals surface area contributed by atoms with Crippen molar-refractivity contribution in [2.24, 2.45) is 0 Å². The summed E-state index contributed by atoms with van der Waals surface area (Å²) in [6.07, 6.45) is 0.199. The number of aromatic amines is 1. The van der Waals surface area contributed by atoms with Crippen LogP contribution in [0.25, 0.3) is 5.69 Å². The average Bonchev–Trinajstić information content (AvgIpc) is 2.38. The van der Waals surface area contributed by atoms with E-state index in [9.17, 15) is 19.7 Å². The predicted molar refractivity (Wildman–Crippen MR) is 68.7 cm³/mol. The molecule has 0 aliphatic rings. The molecule has 2 aromatic rings. The largest absolute Gasteiger partial charge is 0.353 e. The second-order valence-corrected chi connectivity index (χ2v) is 3.84. The lowest BCUT2D eigenvalue weighted by Gasteiger charge is -2.10. The van der Waals surface area contributed by atoms with Gasteiger partial charge in [-0.2, -0.15) is 0 Å². The molecule has 0 bridgehead atoms. The molecule has 0 saturated heterocycles. The molecule has 0 aliphatic carbocycles. The number of para-hydroxylation sites is 1. The Kier molecular flexibility index (Phi) is 3.28. The highest BCUT2D eigenvalue weighted by atomic mass is 16.6. The molecular formula is C12H11N3O4. The highest BCUT2D eigenvalue weighted by molar-refractivity contribution is 5.41. The Bertz CT molecular complexity index is 731. The number of hydrogen-bond acceptors (Lipinski definition) is 4. The minimum Gasteiger partial charge on any atom is -0.268 e. The lowest BCUT2D eigenvalue weighted by Crippen LogP contribution is -2.33. The number of benzene rings is 1. The van der Waals surface area contributed by atoms with E-state index in [1.807, 2.05) is 4.98 Å². The van der Waals surface area contributed by atoms with Gasteiger partial charge in [-0.25, -0.2) is 4.79 Å².